The first kappa shape index (κ1) is 14.5. The van der Waals surface area contributed by atoms with Crippen molar-refractivity contribution in [3.8, 4) is 0 Å². The van der Waals surface area contributed by atoms with E-state index in [-0.39, 0.29) is 41.0 Å². The van der Waals surface area contributed by atoms with Crippen LogP contribution < -0.4 is 5.32 Å². The van der Waals surface area contributed by atoms with Gasteiger partial charge in [-0.05, 0) is 49.1 Å². The summed E-state index contributed by atoms with van der Waals surface area (Å²) in [4.78, 5) is 25.2. The molecular formula is C19H21NO3. The van der Waals surface area contributed by atoms with E-state index in [4.69, 9.17) is 4.74 Å². The first-order chi connectivity index (χ1) is 11.1. The number of allylic oxidation sites excluding steroid dienone is 2. The lowest BCUT2D eigenvalue weighted by molar-refractivity contribution is -0.150. The Morgan fingerprint density at radius 1 is 1.09 bits per heavy atom. The predicted octanol–water partition coefficient (Wildman–Crippen LogP) is 2.93. The van der Waals surface area contributed by atoms with E-state index < -0.39 is 0 Å². The van der Waals surface area contributed by atoms with Crippen molar-refractivity contribution in [1.82, 2.24) is 0 Å². The summed E-state index contributed by atoms with van der Waals surface area (Å²) in [5, 5.41) is 2.99. The van der Waals surface area contributed by atoms with Crippen LogP contribution in [-0.4, -0.2) is 19.0 Å². The Hall–Kier alpha value is -2.10. The van der Waals surface area contributed by atoms with Gasteiger partial charge in [0.2, 0.25) is 5.91 Å². The molecule has 4 rings (SSSR count). The van der Waals surface area contributed by atoms with Crippen LogP contribution in [0.5, 0.6) is 0 Å². The average Bonchev–Trinajstić information content (AvgIpc) is 3.22. The number of hydrogen-bond acceptors (Lipinski definition) is 3. The van der Waals surface area contributed by atoms with E-state index in [1.807, 2.05) is 31.2 Å². The molecule has 0 heterocycles. The molecule has 2 bridgehead atoms. The molecule has 4 nitrogen and oxygen atoms in total. The third kappa shape index (κ3) is 2.04. The summed E-state index contributed by atoms with van der Waals surface area (Å²) in [6.07, 6.45) is 6.50. The van der Waals surface area contributed by atoms with Gasteiger partial charge in [-0.3, -0.25) is 9.59 Å². The second kappa shape index (κ2) is 4.95. The van der Waals surface area contributed by atoms with Crippen molar-refractivity contribution in [2.45, 2.75) is 19.8 Å². The summed E-state index contributed by atoms with van der Waals surface area (Å²) in [5.41, 5.74) is 2.07. The number of ether oxygens (including phenoxy) is 1. The number of benzene rings is 1. The summed E-state index contributed by atoms with van der Waals surface area (Å²) in [5.74, 6) is -0.649. The number of rotatable bonds is 3. The molecule has 4 unspecified atom stereocenters. The van der Waals surface area contributed by atoms with E-state index in [2.05, 4.69) is 17.5 Å². The minimum Gasteiger partial charge on any atom is -0.469 e. The van der Waals surface area contributed by atoms with Gasteiger partial charge >= 0.3 is 5.97 Å². The van der Waals surface area contributed by atoms with E-state index in [1.54, 1.807) is 0 Å². The first-order valence-electron chi connectivity index (χ1n) is 8.20. The third-order valence-corrected chi connectivity index (χ3v) is 5.94. The molecule has 0 aliphatic heterocycles. The van der Waals surface area contributed by atoms with Gasteiger partial charge < -0.3 is 10.1 Å². The highest BCUT2D eigenvalue weighted by Gasteiger charge is 2.70. The van der Waals surface area contributed by atoms with Crippen molar-refractivity contribution >= 4 is 17.6 Å². The van der Waals surface area contributed by atoms with E-state index in [1.165, 1.54) is 7.11 Å². The van der Waals surface area contributed by atoms with Gasteiger partial charge in [-0.2, -0.15) is 0 Å². The maximum absolute atomic E-state index is 12.9. The SMILES string of the molecule is COC(=O)C1C(C(=O)Nc2ccc(C)cc2)C2C=CC1C21CC1. The fraction of sp³-hybridized carbons (Fsp3) is 0.474. The maximum Gasteiger partial charge on any atom is 0.310 e. The summed E-state index contributed by atoms with van der Waals surface area (Å²) >= 11 is 0. The van der Waals surface area contributed by atoms with Gasteiger partial charge in [0.15, 0.2) is 0 Å². The molecule has 0 aromatic heterocycles. The Bertz CT molecular complexity index is 687. The lowest BCUT2D eigenvalue weighted by Crippen LogP contribution is -2.37. The molecule has 1 aromatic carbocycles. The number of hydrogen-bond donors (Lipinski definition) is 1. The van der Waals surface area contributed by atoms with Crippen molar-refractivity contribution in [2.75, 3.05) is 12.4 Å². The monoisotopic (exact) mass is 311 g/mol. The summed E-state index contributed by atoms with van der Waals surface area (Å²) in [6, 6.07) is 7.74. The van der Waals surface area contributed by atoms with Gasteiger partial charge in [-0.1, -0.05) is 29.8 Å². The third-order valence-electron chi connectivity index (χ3n) is 5.94. The van der Waals surface area contributed by atoms with Crippen molar-refractivity contribution in [3.05, 3.63) is 42.0 Å². The zero-order valence-electron chi connectivity index (χ0n) is 13.4. The van der Waals surface area contributed by atoms with Gasteiger partial charge in [0.1, 0.15) is 0 Å². The summed E-state index contributed by atoms with van der Waals surface area (Å²) in [7, 11) is 1.41. The number of aryl methyl sites for hydroxylation is 1. The van der Waals surface area contributed by atoms with E-state index in [9.17, 15) is 9.59 Å². The largest absolute Gasteiger partial charge is 0.469 e. The highest BCUT2D eigenvalue weighted by Crippen LogP contribution is 2.72. The van der Waals surface area contributed by atoms with Gasteiger partial charge in [0, 0.05) is 5.69 Å². The average molecular weight is 311 g/mol. The zero-order valence-corrected chi connectivity index (χ0v) is 13.4. The molecule has 2 fully saturated rings. The first-order valence-corrected chi connectivity index (χ1v) is 8.20. The molecule has 1 N–H and O–H groups in total. The highest BCUT2D eigenvalue weighted by molar-refractivity contribution is 5.97. The number of methoxy groups -OCH3 is 1. The lowest BCUT2D eigenvalue weighted by atomic mass is 9.82. The maximum atomic E-state index is 12.9. The van der Waals surface area contributed by atoms with Gasteiger partial charge in [0.25, 0.3) is 0 Å². The second-order valence-corrected chi connectivity index (χ2v) is 7.10. The van der Waals surface area contributed by atoms with Crippen LogP contribution in [0.4, 0.5) is 5.69 Å². The van der Waals surface area contributed by atoms with Crippen LogP contribution >= 0.6 is 0 Å². The van der Waals surface area contributed by atoms with Crippen molar-refractivity contribution < 1.29 is 14.3 Å². The molecule has 3 aliphatic rings. The lowest BCUT2D eigenvalue weighted by Gasteiger charge is -2.25. The molecular weight excluding hydrogens is 290 g/mol. The number of carbonyl (C=O) groups excluding carboxylic acids is 2. The topological polar surface area (TPSA) is 55.4 Å². The molecule has 1 amide bonds. The molecule has 0 saturated heterocycles. The quantitative estimate of drug-likeness (QED) is 0.690. The van der Waals surface area contributed by atoms with E-state index in [0.717, 1.165) is 24.1 Å². The Labute approximate surface area is 135 Å². The Kier molecular flexibility index (Phi) is 3.12. The number of nitrogens with one attached hydrogen (secondary N) is 1. The van der Waals surface area contributed by atoms with Gasteiger partial charge in [-0.15, -0.1) is 0 Å². The summed E-state index contributed by atoms with van der Waals surface area (Å²) in [6.45, 7) is 2.01. The summed E-state index contributed by atoms with van der Waals surface area (Å²) < 4.78 is 5.00. The fourth-order valence-corrected chi connectivity index (χ4v) is 4.68. The molecule has 120 valence electrons. The Morgan fingerprint density at radius 3 is 2.26 bits per heavy atom. The molecule has 4 heteroatoms. The van der Waals surface area contributed by atoms with Crippen LogP contribution in [0.15, 0.2) is 36.4 Å². The normalized spacial score (nSPS) is 32.1. The van der Waals surface area contributed by atoms with Crippen molar-refractivity contribution in [1.29, 1.82) is 0 Å². The predicted molar refractivity (Wildman–Crippen MR) is 86.6 cm³/mol. The number of esters is 1. The zero-order chi connectivity index (χ0) is 16.2. The minimum atomic E-state index is -0.344. The minimum absolute atomic E-state index is 0.0626. The molecule has 2 saturated carbocycles. The fourth-order valence-electron chi connectivity index (χ4n) is 4.68. The molecule has 1 aromatic rings. The number of amides is 1. The number of carbonyl (C=O) groups is 2. The molecule has 1 spiro atoms. The van der Waals surface area contributed by atoms with Crippen LogP contribution in [0.2, 0.25) is 0 Å². The molecule has 0 radical (unpaired) electrons. The smallest absolute Gasteiger partial charge is 0.310 e. The van der Waals surface area contributed by atoms with Crippen LogP contribution in [0, 0.1) is 36.0 Å². The number of anilines is 1. The standard InChI is InChI=1S/C19H21NO3/c1-11-3-5-12(6-4-11)20-17(21)15-13-7-8-14(19(13)9-10-19)16(15)18(22)23-2/h3-8,13-16H,9-10H2,1-2H3,(H,20,21). The van der Waals surface area contributed by atoms with Crippen molar-refractivity contribution in [3.63, 3.8) is 0 Å². The van der Waals surface area contributed by atoms with Crippen LogP contribution in [0.3, 0.4) is 0 Å². The highest BCUT2D eigenvalue weighted by atomic mass is 16.5. The van der Waals surface area contributed by atoms with E-state index in [0.29, 0.717) is 0 Å². The molecule has 3 aliphatic carbocycles. The Balaban J connectivity index is 1.61. The second-order valence-electron chi connectivity index (χ2n) is 7.10. The van der Waals surface area contributed by atoms with Crippen molar-refractivity contribution in [2.24, 2.45) is 29.1 Å². The van der Waals surface area contributed by atoms with E-state index >= 15 is 0 Å². The van der Waals surface area contributed by atoms with Crippen LogP contribution in [-0.2, 0) is 14.3 Å². The Morgan fingerprint density at radius 2 is 1.70 bits per heavy atom. The van der Waals surface area contributed by atoms with Crippen LogP contribution in [0.25, 0.3) is 0 Å². The van der Waals surface area contributed by atoms with Gasteiger partial charge in [0.05, 0.1) is 18.9 Å². The molecule has 23 heavy (non-hydrogen) atoms. The molecule has 4 atom stereocenters. The van der Waals surface area contributed by atoms with Gasteiger partial charge in [-0.25, -0.2) is 0 Å². The van der Waals surface area contributed by atoms with Crippen LogP contribution in [0.1, 0.15) is 18.4 Å².